The number of benzene rings is 2. The lowest BCUT2D eigenvalue weighted by atomic mass is 9.86. The molecule has 0 aliphatic carbocycles. The number of aromatic nitrogens is 4. The van der Waals surface area contributed by atoms with Crippen LogP contribution in [0.1, 0.15) is 29.2 Å². The van der Waals surface area contributed by atoms with Crippen molar-refractivity contribution in [3.8, 4) is 5.95 Å². The Morgan fingerprint density at radius 3 is 2.86 bits per heavy atom. The molecule has 6 nitrogen and oxygen atoms in total. The summed E-state index contributed by atoms with van der Waals surface area (Å²) < 4.78 is 15.1. The number of carbonyl (C=O) groups excluding carboxylic acids is 1. The van der Waals surface area contributed by atoms with E-state index in [4.69, 9.17) is 11.6 Å². The number of aromatic amines is 1. The molecule has 3 heterocycles. The summed E-state index contributed by atoms with van der Waals surface area (Å²) in [5.41, 5.74) is 3.99. The largest absolute Gasteiger partial charge is 0.322 e. The summed E-state index contributed by atoms with van der Waals surface area (Å²) >= 11 is 6.29. The topological polar surface area (TPSA) is 75.6 Å². The van der Waals surface area contributed by atoms with E-state index in [1.807, 2.05) is 31.2 Å². The van der Waals surface area contributed by atoms with Crippen molar-refractivity contribution in [3.05, 3.63) is 70.1 Å². The first-order valence-corrected chi connectivity index (χ1v) is 9.18. The van der Waals surface area contributed by atoms with Crippen LogP contribution in [0.3, 0.4) is 0 Å². The second kappa shape index (κ2) is 6.17. The molecular formula is C20H15ClFN5O. The Morgan fingerprint density at radius 2 is 2.07 bits per heavy atom. The maximum absolute atomic E-state index is 13.5. The Labute approximate surface area is 164 Å². The number of amides is 1. The Morgan fingerprint density at radius 1 is 1.25 bits per heavy atom. The first-order chi connectivity index (χ1) is 13.5. The molecule has 1 aliphatic rings. The molecule has 0 unspecified atom stereocenters. The average molecular weight is 396 g/mol. The van der Waals surface area contributed by atoms with Gasteiger partial charge in [0, 0.05) is 22.9 Å². The molecular weight excluding hydrogens is 381 g/mol. The van der Waals surface area contributed by atoms with Gasteiger partial charge in [-0.3, -0.25) is 4.79 Å². The lowest BCUT2D eigenvalue weighted by Gasteiger charge is -2.24. The average Bonchev–Trinajstić information content (AvgIpc) is 3.22. The molecule has 1 atom stereocenters. The third-order valence-corrected chi connectivity index (χ3v) is 5.35. The van der Waals surface area contributed by atoms with E-state index >= 15 is 0 Å². The summed E-state index contributed by atoms with van der Waals surface area (Å²) in [6.45, 7) is 1.87. The van der Waals surface area contributed by atoms with Crippen LogP contribution in [-0.4, -0.2) is 25.7 Å². The van der Waals surface area contributed by atoms with Crippen molar-refractivity contribution in [2.45, 2.75) is 19.3 Å². The van der Waals surface area contributed by atoms with Gasteiger partial charge in [0.1, 0.15) is 11.6 Å². The van der Waals surface area contributed by atoms with Gasteiger partial charge in [0.25, 0.3) is 0 Å². The summed E-state index contributed by atoms with van der Waals surface area (Å²) in [6.07, 6.45) is 0.213. The molecule has 8 heteroatoms. The Hall–Kier alpha value is -3.19. The zero-order chi connectivity index (χ0) is 19.4. The van der Waals surface area contributed by atoms with E-state index in [1.54, 1.807) is 10.7 Å². The van der Waals surface area contributed by atoms with E-state index in [-0.39, 0.29) is 18.2 Å². The lowest BCUT2D eigenvalue weighted by molar-refractivity contribution is -0.116. The minimum Gasteiger partial charge on any atom is -0.322 e. The van der Waals surface area contributed by atoms with Gasteiger partial charge in [-0.1, -0.05) is 29.8 Å². The number of carbonyl (C=O) groups is 1. The number of para-hydroxylation sites is 2. The Kier molecular flexibility index (Phi) is 3.73. The van der Waals surface area contributed by atoms with E-state index in [1.165, 1.54) is 12.1 Å². The van der Waals surface area contributed by atoms with Gasteiger partial charge >= 0.3 is 0 Å². The number of imidazole rings is 1. The highest BCUT2D eigenvalue weighted by molar-refractivity contribution is 6.31. The molecule has 28 heavy (non-hydrogen) atoms. The number of fused-ring (bicyclic) bond motifs is 2. The van der Waals surface area contributed by atoms with Crippen LogP contribution in [0, 0.1) is 12.7 Å². The Bertz CT molecular complexity index is 1210. The number of anilines is 1. The monoisotopic (exact) mass is 395 g/mol. The smallest absolute Gasteiger partial charge is 0.231 e. The molecule has 0 saturated heterocycles. The maximum atomic E-state index is 13.5. The van der Waals surface area contributed by atoms with Gasteiger partial charge in [-0.05, 0) is 36.8 Å². The van der Waals surface area contributed by atoms with Gasteiger partial charge in [-0.25, -0.2) is 9.37 Å². The molecule has 4 aromatic rings. The number of H-pyrrole nitrogens is 1. The minimum absolute atomic E-state index is 0.157. The van der Waals surface area contributed by atoms with Crippen LogP contribution in [0.15, 0.2) is 42.5 Å². The second-order valence-electron chi connectivity index (χ2n) is 6.81. The number of hydrogen-bond donors (Lipinski definition) is 2. The van der Waals surface area contributed by atoms with E-state index in [9.17, 15) is 9.18 Å². The van der Waals surface area contributed by atoms with Crippen molar-refractivity contribution in [1.82, 2.24) is 19.7 Å². The SMILES string of the molecule is Cc1nn(-c2nc3ccccc3[nH]2)c2c1[C@@H](c1ccc(F)cc1Cl)CC(=O)N2. The third kappa shape index (κ3) is 2.58. The van der Waals surface area contributed by atoms with Crippen LogP contribution in [0.4, 0.5) is 10.2 Å². The summed E-state index contributed by atoms with van der Waals surface area (Å²) in [5.74, 6) is 0.184. The highest BCUT2D eigenvalue weighted by atomic mass is 35.5. The van der Waals surface area contributed by atoms with Gasteiger partial charge in [0.15, 0.2) is 0 Å². The second-order valence-corrected chi connectivity index (χ2v) is 7.21. The van der Waals surface area contributed by atoms with Crippen molar-refractivity contribution in [2.75, 3.05) is 5.32 Å². The fourth-order valence-electron chi connectivity index (χ4n) is 3.79. The van der Waals surface area contributed by atoms with Gasteiger partial charge in [0.2, 0.25) is 11.9 Å². The number of aryl methyl sites for hydroxylation is 1. The fourth-order valence-corrected chi connectivity index (χ4v) is 4.09. The molecule has 2 N–H and O–H groups in total. The number of hydrogen-bond acceptors (Lipinski definition) is 3. The summed E-state index contributed by atoms with van der Waals surface area (Å²) in [4.78, 5) is 20.3. The number of halogens is 2. The molecule has 1 amide bonds. The molecule has 0 fully saturated rings. The van der Waals surface area contributed by atoms with E-state index in [0.29, 0.717) is 22.4 Å². The zero-order valence-corrected chi connectivity index (χ0v) is 15.6. The molecule has 5 rings (SSSR count). The first kappa shape index (κ1) is 16.9. The van der Waals surface area contributed by atoms with Crippen molar-refractivity contribution < 1.29 is 9.18 Å². The van der Waals surface area contributed by atoms with Crippen LogP contribution < -0.4 is 5.32 Å². The summed E-state index contributed by atoms with van der Waals surface area (Å²) in [6, 6.07) is 11.9. The zero-order valence-electron chi connectivity index (χ0n) is 14.8. The fraction of sp³-hybridized carbons (Fsp3) is 0.150. The van der Waals surface area contributed by atoms with Gasteiger partial charge in [-0.15, -0.1) is 0 Å². The van der Waals surface area contributed by atoms with Gasteiger partial charge in [0.05, 0.1) is 16.7 Å². The van der Waals surface area contributed by atoms with E-state index in [0.717, 1.165) is 22.3 Å². The number of nitrogens with zero attached hydrogens (tertiary/aromatic N) is 3. The molecule has 140 valence electrons. The molecule has 0 spiro atoms. The number of rotatable bonds is 2. The van der Waals surface area contributed by atoms with Crippen molar-refractivity contribution >= 4 is 34.4 Å². The van der Waals surface area contributed by atoms with Crippen molar-refractivity contribution in [3.63, 3.8) is 0 Å². The van der Waals surface area contributed by atoms with Gasteiger partial charge < -0.3 is 10.3 Å². The number of nitrogens with one attached hydrogen (secondary N) is 2. The Balaban J connectivity index is 1.69. The highest BCUT2D eigenvalue weighted by Gasteiger charge is 2.34. The molecule has 2 aromatic heterocycles. The predicted octanol–water partition coefficient (Wildman–Crippen LogP) is 4.32. The van der Waals surface area contributed by atoms with Crippen molar-refractivity contribution in [1.29, 1.82) is 0 Å². The maximum Gasteiger partial charge on any atom is 0.231 e. The molecule has 2 aromatic carbocycles. The standard InChI is InChI=1S/C20H15ClFN5O/c1-10-18-13(12-7-6-11(22)8-14(12)21)9-17(28)25-19(18)27(26-10)20-23-15-4-2-3-5-16(15)24-20/h2-8,13H,9H2,1H3,(H,23,24)(H,25,28)/t13-/m1/s1. The molecule has 1 aliphatic heterocycles. The normalized spacial score (nSPS) is 16.2. The quantitative estimate of drug-likeness (QED) is 0.530. The van der Waals surface area contributed by atoms with Crippen LogP contribution in [0.25, 0.3) is 17.0 Å². The van der Waals surface area contributed by atoms with E-state index < -0.39 is 5.82 Å². The molecule has 0 saturated carbocycles. The third-order valence-electron chi connectivity index (χ3n) is 5.02. The minimum atomic E-state index is -0.413. The van der Waals surface area contributed by atoms with E-state index in [2.05, 4.69) is 20.4 Å². The summed E-state index contributed by atoms with van der Waals surface area (Å²) in [7, 11) is 0. The lowest BCUT2D eigenvalue weighted by Crippen LogP contribution is -2.25. The van der Waals surface area contributed by atoms with Gasteiger partial charge in [-0.2, -0.15) is 9.78 Å². The van der Waals surface area contributed by atoms with Crippen molar-refractivity contribution in [2.24, 2.45) is 0 Å². The predicted molar refractivity (Wildman–Crippen MR) is 104 cm³/mol. The highest BCUT2D eigenvalue weighted by Crippen LogP contribution is 2.42. The molecule has 0 radical (unpaired) electrons. The molecule has 0 bridgehead atoms. The van der Waals surface area contributed by atoms with Crippen LogP contribution in [0.5, 0.6) is 0 Å². The van der Waals surface area contributed by atoms with Crippen LogP contribution in [-0.2, 0) is 4.79 Å². The summed E-state index contributed by atoms with van der Waals surface area (Å²) in [5, 5.41) is 7.81. The first-order valence-electron chi connectivity index (χ1n) is 8.80. The van der Waals surface area contributed by atoms with Crippen LogP contribution >= 0.6 is 11.6 Å². The van der Waals surface area contributed by atoms with Crippen LogP contribution in [0.2, 0.25) is 5.02 Å².